The molecular weight excluding hydrogens is 152 g/mol. The Hall–Kier alpha value is -0.260. The Morgan fingerprint density at radius 1 is 2.10 bits per heavy atom. The molecule has 0 aromatic rings. The number of carbonyl (C=O) groups excluding carboxylic acids is 1. The van der Waals surface area contributed by atoms with Crippen LogP contribution in [0.4, 0.5) is 0 Å². The lowest BCUT2D eigenvalue weighted by molar-refractivity contribution is -0.130. The van der Waals surface area contributed by atoms with Gasteiger partial charge in [0.1, 0.15) is 1.41 Å². The summed E-state index contributed by atoms with van der Waals surface area (Å²) in [7, 11) is 0. The Kier molecular flexibility index (Phi) is 4.33. The molecule has 5 heteroatoms. The van der Waals surface area contributed by atoms with Gasteiger partial charge in [0.2, 0.25) is 0 Å². The zero-order valence-corrected chi connectivity index (χ0v) is 6.57. The average Bonchev–Trinajstić information content (AvgIpc) is 2.05. The van der Waals surface area contributed by atoms with E-state index in [9.17, 15) is 4.79 Å². The molecule has 0 bridgehead atoms. The number of rotatable bonds is 5. The van der Waals surface area contributed by atoms with Gasteiger partial charge in [-0.3, -0.25) is 10.0 Å². The van der Waals surface area contributed by atoms with Crippen molar-refractivity contribution in [2.45, 2.75) is 12.5 Å². The fourth-order valence-corrected chi connectivity index (χ4v) is 0.916. The standard InChI is InChI=1S/C5H12N2O2S/c1-10-3-2-4(6)5(8)7-9/h4,9H,2-3,6H2,1H3,(H,7,8)/i/hT. The first-order valence-corrected chi connectivity index (χ1v) is 4.25. The van der Waals surface area contributed by atoms with Gasteiger partial charge in [-0.25, -0.2) is 5.48 Å². The molecule has 0 saturated heterocycles. The van der Waals surface area contributed by atoms with Crippen molar-refractivity contribution in [3.05, 3.63) is 0 Å². The third-order valence-corrected chi connectivity index (χ3v) is 1.68. The number of hydrogen-bond acceptors (Lipinski definition) is 4. The highest BCUT2D eigenvalue weighted by Gasteiger charge is 2.10. The summed E-state index contributed by atoms with van der Waals surface area (Å²) in [6.07, 6.45) is 2.45. The lowest BCUT2D eigenvalue weighted by Gasteiger charge is -2.06. The predicted octanol–water partition coefficient (Wildman–Crippen LogP) is -0.428. The second-order valence-corrected chi connectivity index (χ2v) is 2.80. The SMILES string of the molecule is [3H]NC(CCSC)C(=O)NO. The molecule has 1 unspecified atom stereocenters. The molecule has 0 aliphatic rings. The third-order valence-electron chi connectivity index (χ3n) is 1.04. The summed E-state index contributed by atoms with van der Waals surface area (Å²) >= 11 is 1.59. The molecule has 1 amide bonds. The number of nitrogens with two attached hydrogens (primary N) is 1. The van der Waals surface area contributed by atoms with E-state index >= 15 is 0 Å². The second kappa shape index (κ2) is 5.52. The van der Waals surface area contributed by atoms with Gasteiger partial charge < -0.3 is 5.73 Å². The summed E-state index contributed by atoms with van der Waals surface area (Å²) in [5.41, 5.74) is 3.55. The smallest absolute Gasteiger partial charge is 0.260 e. The number of amides is 1. The summed E-state index contributed by atoms with van der Waals surface area (Å²) in [6.45, 7) is 0. The van der Waals surface area contributed by atoms with Gasteiger partial charge in [-0.2, -0.15) is 11.8 Å². The summed E-state index contributed by atoms with van der Waals surface area (Å²) in [5, 5.41) is 8.21. The van der Waals surface area contributed by atoms with E-state index in [-0.39, 0.29) is 0 Å². The van der Waals surface area contributed by atoms with E-state index in [0.29, 0.717) is 6.42 Å². The lowest BCUT2D eigenvalue weighted by atomic mass is 10.2. The first-order chi connectivity index (χ1) is 5.26. The molecule has 0 aliphatic heterocycles. The zero-order chi connectivity index (χ0) is 8.69. The van der Waals surface area contributed by atoms with Crippen LogP contribution in [0.5, 0.6) is 0 Å². The Morgan fingerprint density at radius 3 is 3.20 bits per heavy atom. The van der Waals surface area contributed by atoms with E-state index in [0.717, 1.165) is 5.75 Å². The van der Waals surface area contributed by atoms with Crippen molar-refractivity contribution < 1.29 is 11.4 Å². The van der Waals surface area contributed by atoms with Gasteiger partial charge in [0.15, 0.2) is 0 Å². The van der Waals surface area contributed by atoms with Crippen LogP contribution in [-0.2, 0) is 4.79 Å². The maximum absolute atomic E-state index is 10.7. The monoisotopic (exact) mass is 166 g/mol. The summed E-state index contributed by atoms with van der Waals surface area (Å²) in [5.74, 6) is 0.221. The number of hydrogen-bond donors (Lipinski definition) is 3. The fraction of sp³-hybridized carbons (Fsp3) is 0.800. The Balaban J connectivity index is 3.65. The third kappa shape index (κ3) is 3.71. The van der Waals surface area contributed by atoms with Crippen LogP contribution < -0.4 is 11.2 Å². The van der Waals surface area contributed by atoms with Crippen LogP contribution in [0.1, 0.15) is 6.42 Å². The van der Waals surface area contributed by atoms with Crippen molar-refractivity contribution in [3.63, 3.8) is 0 Å². The van der Waals surface area contributed by atoms with Crippen molar-refractivity contribution in [1.29, 1.82) is 0 Å². The lowest BCUT2D eigenvalue weighted by Crippen LogP contribution is -2.39. The van der Waals surface area contributed by atoms with Crippen LogP contribution >= 0.6 is 11.8 Å². The Morgan fingerprint density at radius 2 is 2.80 bits per heavy atom. The van der Waals surface area contributed by atoms with Crippen LogP contribution in [0.2, 0.25) is 1.41 Å². The largest absolute Gasteiger partial charge is 0.320 e. The minimum Gasteiger partial charge on any atom is -0.320 e. The molecular formula is C5H12N2O2S. The van der Waals surface area contributed by atoms with Crippen LogP contribution in [0.3, 0.4) is 0 Å². The molecule has 0 fully saturated rings. The highest BCUT2D eigenvalue weighted by atomic mass is 32.2. The number of nitrogens with one attached hydrogen (secondary N) is 1. The van der Waals surface area contributed by atoms with Crippen molar-refractivity contribution in [3.8, 4) is 0 Å². The molecule has 0 heterocycles. The van der Waals surface area contributed by atoms with Crippen molar-refractivity contribution >= 4 is 17.7 Å². The first-order valence-electron chi connectivity index (χ1n) is 3.36. The molecule has 4 nitrogen and oxygen atoms in total. The normalized spacial score (nSPS) is 14.0. The minimum absolute atomic E-state index is 0.539. The average molecular weight is 166 g/mol. The van der Waals surface area contributed by atoms with Gasteiger partial charge in [0.25, 0.3) is 5.91 Å². The van der Waals surface area contributed by atoms with Gasteiger partial charge in [-0.05, 0) is 18.4 Å². The van der Waals surface area contributed by atoms with E-state index in [1.54, 1.807) is 11.8 Å². The molecule has 0 radical (unpaired) electrons. The first kappa shape index (κ1) is 7.84. The predicted molar refractivity (Wildman–Crippen MR) is 40.9 cm³/mol. The molecule has 0 saturated carbocycles. The number of hydroxylamine groups is 1. The maximum atomic E-state index is 10.7. The summed E-state index contributed by atoms with van der Waals surface area (Å²) in [6, 6.07) is -0.618. The molecule has 0 rings (SSSR count). The Labute approximate surface area is 65.6 Å². The summed E-state index contributed by atoms with van der Waals surface area (Å²) in [4.78, 5) is 10.7. The number of carbonyl (C=O) groups is 1. The highest BCUT2D eigenvalue weighted by molar-refractivity contribution is 7.98. The van der Waals surface area contributed by atoms with Gasteiger partial charge in [0, 0.05) is 0 Å². The molecule has 1 atom stereocenters. The molecule has 10 heavy (non-hydrogen) atoms. The summed E-state index contributed by atoms with van der Waals surface area (Å²) < 4.78 is 6.74. The fourth-order valence-electron chi connectivity index (χ4n) is 0.445. The van der Waals surface area contributed by atoms with Crippen LogP contribution in [0.25, 0.3) is 0 Å². The molecule has 0 spiro atoms. The van der Waals surface area contributed by atoms with E-state index in [4.69, 9.17) is 6.62 Å². The van der Waals surface area contributed by atoms with Gasteiger partial charge >= 0.3 is 0 Å². The number of thioether (sulfide) groups is 1. The molecule has 60 valence electrons. The van der Waals surface area contributed by atoms with E-state index < -0.39 is 11.9 Å². The molecule has 0 aromatic heterocycles. The van der Waals surface area contributed by atoms with Crippen LogP contribution in [0.15, 0.2) is 0 Å². The highest BCUT2D eigenvalue weighted by Crippen LogP contribution is 1.97. The van der Waals surface area contributed by atoms with Crippen molar-refractivity contribution in [2.75, 3.05) is 12.0 Å². The van der Waals surface area contributed by atoms with Gasteiger partial charge in [-0.15, -0.1) is 0 Å². The Bertz CT molecular complexity index is 125. The van der Waals surface area contributed by atoms with E-state index in [1.807, 2.05) is 6.26 Å². The topological polar surface area (TPSA) is 75.4 Å². The van der Waals surface area contributed by atoms with Crippen molar-refractivity contribution in [1.82, 2.24) is 5.48 Å². The van der Waals surface area contributed by atoms with Crippen molar-refractivity contribution in [2.24, 2.45) is 5.73 Å². The zero-order valence-electron chi connectivity index (χ0n) is 6.76. The van der Waals surface area contributed by atoms with E-state index in [2.05, 4.69) is 5.73 Å². The van der Waals surface area contributed by atoms with E-state index in [1.165, 1.54) is 5.48 Å². The van der Waals surface area contributed by atoms with Gasteiger partial charge in [0.05, 0.1) is 6.04 Å². The molecule has 0 aliphatic carbocycles. The molecule has 0 aromatic carbocycles. The maximum Gasteiger partial charge on any atom is 0.260 e. The van der Waals surface area contributed by atoms with Crippen LogP contribution in [0, 0.1) is 0 Å². The quantitative estimate of drug-likeness (QED) is 0.383. The second-order valence-electron chi connectivity index (χ2n) is 1.81. The van der Waals surface area contributed by atoms with Gasteiger partial charge in [-0.1, -0.05) is 0 Å². The van der Waals surface area contributed by atoms with Crippen LogP contribution in [-0.4, -0.2) is 29.2 Å². The minimum atomic E-state index is -0.618. The molecule has 4 N–H and O–H groups in total.